The smallest absolute Gasteiger partial charge is 0.251 e. The van der Waals surface area contributed by atoms with E-state index in [2.05, 4.69) is 31.7 Å². The van der Waals surface area contributed by atoms with Crippen LogP contribution in [-0.2, 0) is 0 Å². The molecule has 0 bridgehead atoms. The minimum atomic E-state index is -0.321. The van der Waals surface area contributed by atoms with Crippen LogP contribution in [0, 0.1) is 0 Å². The topological polar surface area (TPSA) is 133 Å². The summed E-state index contributed by atoms with van der Waals surface area (Å²) in [6.07, 6.45) is 6.78. The predicted octanol–water partition coefficient (Wildman–Crippen LogP) is 1.89. The van der Waals surface area contributed by atoms with Gasteiger partial charge >= 0.3 is 0 Å². The van der Waals surface area contributed by atoms with Crippen LogP contribution in [0.2, 0.25) is 0 Å². The Morgan fingerprint density at radius 1 is 0.853 bits per heavy atom. The summed E-state index contributed by atoms with van der Waals surface area (Å²) in [6, 6.07) is 14.7. The zero-order chi connectivity index (χ0) is 24.5. The number of allylic oxidation sites excluding steroid dienone is 2. The quantitative estimate of drug-likeness (QED) is 0.337. The normalized spacial score (nSPS) is 18.2. The molecule has 0 spiro atoms. The lowest BCUT2D eigenvalue weighted by Crippen LogP contribution is -2.34. The highest BCUT2D eigenvalue weighted by molar-refractivity contribution is 6.24. The van der Waals surface area contributed by atoms with Crippen LogP contribution in [0.15, 0.2) is 70.9 Å². The number of halogens is 1. The van der Waals surface area contributed by atoms with Crippen LogP contribution in [0.3, 0.4) is 0 Å². The molecule has 10 heteroatoms. The van der Waals surface area contributed by atoms with Gasteiger partial charge in [-0.1, -0.05) is 35.9 Å². The number of benzene rings is 2. The standard InChI is InChI=1S/C12H12ClN3O.C12H14N4O/c2*1-14-12(17)9-4-2-3-8(5-9)10-6-11(13)16-15-7-10/h2-7,11,16H,1H3,(H,14,17);2-7,11,16H,13H2,1H3,(H,14,17). The Kier molecular flexibility index (Phi) is 8.55. The van der Waals surface area contributed by atoms with Crippen molar-refractivity contribution in [2.45, 2.75) is 11.7 Å². The number of hydrazone groups is 2. The van der Waals surface area contributed by atoms with Gasteiger partial charge in [-0.2, -0.15) is 10.2 Å². The molecule has 2 heterocycles. The lowest BCUT2D eigenvalue weighted by atomic mass is 10.0. The van der Waals surface area contributed by atoms with Crippen LogP contribution in [0.5, 0.6) is 0 Å². The maximum Gasteiger partial charge on any atom is 0.251 e. The molecule has 0 saturated carbocycles. The number of carbonyl (C=O) groups excluding carboxylic acids is 2. The number of nitrogens with one attached hydrogen (secondary N) is 4. The zero-order valence-electron chi connectivity index (χ0n) is 18.7. The van der Waals surface area contributed by atoms with E-state index < -0.39 is 0 Å². The molecule has 0 aliphatic carbocycles. The van der Waals surface area contributed by atoms with Crippen molar-refractivity contribution in [1.82, 2.24) is 21.5 Å². The van der Waals surface area contributed by atoms with Crippen LogP contribution >= 0.6 is 11.6 Å². The molecule has 2 atom stereocenters. The zero-order valence-corrected chi connectivity index (χ0v) is 19.5. The lowest BCUT2D eigenvalue weighted by Gasteiger charge is -2.14. The van der Waals surface area contributed by atoms with E-state index in [-0.39, 0.29) is 23.5 Å². The van der Waals surface area contributed by atoms with Gasteiger partial charge in [0.05, 0.1) is 12.4 Å². The molecule has 176 valence electrons. The molecule has 2 aliphatic rings. The number of nitrogens with two attached hydrogens (primary N) is 1. The number of nitrogens with zero attached hydrogens (tertiary/aromatic N) is 2. The van der Waals surface area contributed by atoms with Gasteiger partial charge in [0.2, 0.25) is 0 Å². The number of hydrogen-bond donors (Lipinski definition) is 5. The Hall–Kier alpha value is -3.95. The van der Waals surface area contributed by atoms with E-state index in [9.17, 15) is 9.59 Å². The average Bonchev–Trinajstić information content (AvgIpc) is 2.88. The Morgan fingerprint density at radius 3 is 1.82 bits per heavy atom. The van der Waals surface area contributed by atoms with Crippen molar-refractivity contribution in [2.24, 2.45) is 15.9 Å². The van der Waals surface area contributed by atoms with Crippen LogP contribution in [0.1, 0.15) is 31.8 Å². The molecule has 0 saturated heterocycles. The Morgan fingerprint density at radius 2 is 1.35 bits per heavy atom. The second-order valence-electron chi connectivity index (χ2n) is 7.27. The molecule has 6 N–H and O–H groups in total. The summed E-state index contributed by atoms with van der Waals surface area (Å²) in [4.78, 5) is 23.0. The second kappa shape index (κ2) is 11.8. The van der Waals surface area contributed by atoms with Gasteiger partial charge in [-0.05, 0) is 47.5 Å². The van der Waals surface area contributed by atoms with Crippen LogP contribution in [-0.4, -0.2) is 50.0 Å². The molecule has 2 aliphatic heterocycles. The van der Waals surface area contributed by atoms with E-state index in [1.807, 2.05) is 48.6 Å². The van der Waals surface area contributed by atoms with E-state index in [4.69, 9.17) is 17.3 Å². The van der Waals surface area contributed by atoms with E-state index in [1.165, 1.54) is 0 Å². The first-order chi connectivity index (χ1) is 16.4. The van der Waals surface area contributed by atoms with Crippen molar-refractivity contribution in [2.75, 3.05) is 14.1 Å². The lowest BCUT2D eigenvalue weighted by molar-refractivity contribution is 0.0955. The monoisotopic (exact) mass is 479 g/mol. The van der Waals surface area contributed by atoms with E-state index in [1.54, 1.807) is 38.7 Å². The highest BCUT2D eigenvalue weighted by atomic mass is 35.5. The Labute approximate surface area is 202 Å². The summed E-state index contributed by atoms with van der Waals surface area (Å²) in [5, 5.41) is 13.1. The second-order valence-corrected chi connectivity index (χ2v) is 7.74. The van der Waals surface area contributed by atoms with Gasteiger partial charge in [-0.25, -0.2) is 0 Å². The molecule has 34 heavy (non-hydrogen) atoms. The average molecular weight is 480 g/mol. The number of rotatable bonds is 4. The number of amides is 2. The van der Waals surface area contributed by atoms with E-state index in [0.29, 0.717) is 11.1 Å². The third-order valence-electron chi connectivity index (χ3n) is 4.88. The Balaban J connectivity index is 0.000000191. The van der Waals surface area contributed by atoms with Crippen molar-refractivity contribution >= 4 is 47.0 Å². The van der Waals surface area contributed by atoms with Crippen molar-refractivity contribution in [3.8, 4) is 0 Å². The largest absolute Gasteiger partial charge is 0.355 e. The molecule has 2 aromatic carbocycles. The first-order valence-electron chi connectivity index (χ1n) is 10.5. The summed E-state index contributed by atoms with van der Waals surface area (Å²) in [6.45, 7) is 0. The van der Waals surface area contributed by atoms with Gasteiger partial charge in [0.25, 0.3) is 11.8 Å². The van der Waals surface area contributed by atoms with Crippen molar-refractivity contribution in [1.29, 1.82) is 0 Å². The summed E-state index contributed by atoms with van der Waals surface area (Å²) in [7, 11) is 3.21. The van der Waals surface area contributed by atoms with Gasteiger partial charge in [-0.15, -0.1) is 0 Å². The first kappa shape index (κ1) is 24.7. The number of hydrogen-bond acceptors (Lipinski definition) is 7. The minimum absolute atomic E-state index is 0.109. The maximum absolute atomic E-state index is 11.5. The third-order valence-corrected chi connectivity index (χ3v) is 5.11. The molecular weight excluding hydrogens is 454 g/mol. The summed E-state index contributed by atoms with van der Waals surface area (Å²) in [5.74, 6) is -0.219. The Bertz CT molecular complexity index is 1080. The predicted molar refractivity (Wildman–Crippen MR) is 136 cm³/mol. The van der Waals surface area contributed by atoms with E-state index >= 15 is 0 Å². The molecule has 0 fully saturated rings. The molecule has 4 rings (SSSR count). The van der Waals surface area contributed by atoms with Crippen LogP contribution < -0.4 is 27.2 Å². The van der Waals surface area contributed by atoms with Crippen molar-refractivity contribution in [3.05, 3.63) is 82.9 Å². The fourth-order valence-electron chi connectivity index (χ4n) is 3.19. The molecule has 0 aromatic heterocycles. The molecule has 0 radical (unpaired) electrons. The molecule has 2 amide bonds. The molecule has 2 unspecified atom stereocenters. The molecular formula is C24H26ClN7O2. The van der Waals surface area contributed by atoms with Gasteiger partial charge in [0.1, 0.15) is 11.7 Å². The SMILES string of the molecule is CNC(=O)c1cccc(C2=CC(Cl)NN=C2)c1.CNC(=O)c1cccc(C2=CC(N)NN=C2)c1. The summed E-state index contributed by atoms with van der Waals surface area (Å²) >= 11 is 5.91. The summed E-state index contributed by atoms with van der Waals surface area (Å²) in [5.41, 5.74) is 15.7. The van der Waals surface area contributed by atoms with Gasteiger partial charge < -0.3 is 16.4 Å². The maximum atomic E-state index is 11.5. The van der Waals surface area contributed by atoms with Gasteiger partial charge in [-0.3, -0.25) is 20.4 Å². The highest BCUT2D eigenvalue weighted by Crippen LogP contribution is 2.18. The molecule has 9 nitrogen and oxygen atoms in total. The molecule has 2 aromatic rings. The van der Waals surface area contributed by atoms with Gasteiger partial charge in [0.15, 0.2) is 0 Å². The van der Waals surface area contributed by atoms with Crippen molar-refractivity contribution < 1.29 is 9.59 Å². The van der Waals surface area contributed by atoms with Crippen LogP contribution in [0.4, 0.5) is 0 Å². The fourth-order valence-corrected chi connectivity index (χ4v) is 3.38. The first-order valence-corrected chi connectivity index (χ1v) is 10.9. The minimum Gasteiger partial charge on any atom is -0.355 e. The van der Waals surface area contributed by atoms with Gasteiger partial charge in [0, 0.05) is 36.4 Å². The van der Waals surface area contributed by atoms with Crippen LogP contribution in [0.25, 0.3) is 11.1 Å². The summed E-state index contributed by atoms with van der Waals surface area (Å²) < 4.78 is 0. The van der Waals surface area contributed by atoms with E-state index in [0.717, 1.165) is 22.3 Å². The number of alkyl halides is 1. The number of carbonyl (C=O) groups is 2. The third kappa shape index (κ3) is 6.53. The fraction of sp³-hybridized carbons (Fsp3) is 0.167. The van der Waals surface area contributed by atoms with Crippen molar-refractivity contribution in [3.63, 3.8) is 0 Å². The highest BCUT2D eigenvalue weighted by Gasteiger charge is 2.11.